The van der Waals surface area contributed by atoms with Crippen LogP contribution in [-0.2, 0) is 0 Å². The van der Waals surface area contributed by atoms with Gasteiger partial charge in [0, 0.05) is 16.7 Å². The van der Waals surface area contributed by atoms with E-state index in [2.05, 4.69) is 0 Å². The first-order valence-electron chi connectivity index (χ1n) is 12.7. The van der Waals surface area contributed by atoms with Crippen LogP contribution in [-0.4, -0.2) is 0 Å². The summed E-state index contributed by atoms with van der Waals surface area (Å²) in [6, 6.07) is 9.40. The normalized spacial score (nSPS) is 10.9. The number of hydrogen-bond donors (Lipinski definition) is 0. The molecule has 18 heteroatoms. The van der Waals surface area contributed by atoms with E-state index in [0.717, 1.165) is 54.6 Å². The van der Waals surface area contributed by atoms with Crippen LogP contribution in [0.2, 0.25) is 0 Å². The maximum atomic E-state index is 15.6. The van der Waals surface area contributed by atoms with Crippen molar-refractivity contribution in [3.63, 3.8) is 0 Å². The summed E-state index contributed by atoms with van der Waals surface area (Å²) >= 11 is 0. The Morgan fingerprint density at radius 3 is 0.608 bits per heavy atom. The van der Waals surface area contributed by atoms with Crippen LogP contribution in [0.25, 0.3) is 16.7 Å². The molecule has 9 nitrogen and oxygen atoms in total. The van der Waals surface area contributed by atoms with E-state index >= 15 is 26.3 Å². The first kappa shape index (κ1) is 35.5. The standard InChI is InChI=1S/C33F9N9/c34-25-10(1-43)13(4-46)28(37)31(40)22(25)16(7-49)19-20(17(8-50)23-26(35)11(2-44)14(5-47)29(38)32(23)41)21(19)18(9-51)24-27(36)12(3-45)15(6-48)30(39)33(24)42. The van der Waals surface area contributed by atoms with Crippen molar-refractivity contribution in [1.82, 2.24) is 0 Å². The Hall–Kier alpha value is -8.34. The predicted octanol–water partition coefficient (Wildman–Crippen LogP) is 6.41. The number of hydrogen-bond acceptors (Lipinski definition) is 9. The lowest BCUT2D eigenvalue weighted by Gasteiger charge is -2.09. The van der Waals surface area contributed by atoms with E-state index < -0.39 is 136 Å². The smallest absolute Gasteiger partial charge is 0.178 e. The lowest BCUT2D eigenvalue weighted by atomic mass is 9.95. The molecule has 0 heterocycles. The summed E-state index contributed by atoms with van der Waals surface area (Å²) in [5.41, 5.74) is -23.3. The molecule has 1 aliphatic carbocycles. The minimum absolute atomic E-state index is 0.999. The van der Waals surface area contributed by atoms with Crippen molar-refractivity contribution in [1.29, 1.82) is 47.4 Å². The van der Waals surface area contributed by atoms with Crippen LogP contribution in [0.1, 0.15) is 50.1 Å². The summed E-state index contributed by atoms with van der Waals surface area (Å²) in [4.78, 5) is 0. The van der Waals surface area contributed by atoms with Gasteiger partial charge in [0.25, 0.3) is 0 Å². The summed E-state index contributed by atoms with van der Waals surface area (Å²) in [6.07, 6.45) is 0. The first-order chi connectivity index (χ1) is 24.2. The van der Waals surface area contributed by atoms with E-state index in [1.165, 1.54) is 0 Å². The lowest BCUT2D eigenvalue weighted by molar-refractivity contribution is 0.488. The van der Waals surface area contributed by atoms with Gasteiger partial charge in [0.15, 0.2) is 52.4 Å². The molecule has 0 N–H and O–H groups in total. The van der Waals surface area contributed by atoms with Gasteiger partial charge in [0.05, 0.1) is 33.4 Å². The third-order valence-corrected chi connectivity index (χ3v) is 7.16. The number of allylic oxidation sites excluding steroid dienone is 6. The Kier molecular flexibility index (Phi) is 9.08. The van der Waals surface area contributed by atoms with Crippen molar-refractivity contribution in [2.75, 3.05) is 0 Å². The first-order valence-corrected chi connectivity index (χ1v) is 12.7. The highest BCUT2D eigenvalue weighted by Gasteiger charge is 2.46. The van der Waals surface area contributed by atoms with Crippen molar-refractivity contribution in [2.24, 2.45) is 0 Å². The molecule has 3 aromatic carbocycles. The Balaban J connectivity index is 2.43. The SMILES string of the molecule is N#CC(=C1C(=C(C#N)c2c(F)c(F)c(C#N)c(C#N)c2F)C1=C(C#N)c1c(F)c(F)c(C#N)c(C#N)c1F)c1c(F)c(F)c(C#N)c(C#N)c1F. The number of halogens is 9. The minimum atomic E-state index is -2.39. The number of nitrogens with zero attached hydrogens (tertiary/aromatic N) is 9. The molecule has 0 aromatic heterocycles. The topological polar surface area (TPSA) is 214 Å². The largest absolute Gasteiger partial charge is 0.205 e. The fraction of sp³-hybridized carbons (Fsp3) is 0. The summed E-state index contributed by atoms with van der Waals surface area (Å²) in [6.45, 7) is 0. The van der Waals surface area contributed by atoms with Crippen molar-refractivity contribution in [3.05, 3.63) is 119 Å². The van der Waals surface area contributed by atoms with Crippen molar-refractivity contribution in [3.8, 4) is 54.6 Å². The van der Waals surface area contributed by atoms with Crippen LogP contribution in [0.15, 0.2) is 16.7 Å². The van der Waals surface area contributed by atoms with Gasteiger partial charge in [0.2, 0.25) is 0 Å². The van der Waals surface area contributed by atoms with Gasteiger partial charge < -0.3 is 0 Å². The molecule has 1 fully saturated rings. The molecule has 0 aliphatic heterocycles. The van der Waals surface area contributed by atoms with Crippen LogP contribution in [0.5, 0.6) is 0 Å². The molecule has 51 heavy (non-hydrogen) atoms. The van der Waals surface area contributed by atoms with Crippen LogP contribution < -0.4 is 0 Å². The molecule has 0 saturated heterocycles. The molecule has 0 bridgehead atoms. The van der Waals surface area contributed by atoms with Crippen molar-refractivity contribution < 1.29 is 39.5 Å². The number of benzene rings is 3. The zero-order valence-electron chi connectivity index (χ0n) is 23.9. The fourth-order valence-electron chi connectivity index (χ4n) is 4.92. The Bertz CT molecular complexity index is 2420. The highest BCUT2D eigenvalue weighted by atomic mass is 19.2. The second-order valence-electron chi connectivity index (χ2n) is 9.46. The molecule has 3 aromatic rings. The number of rotatable bonds is 3. The maximum absolute atomic E-state index is 15.6. The van der Waals surface area contributed by atoms with Gasteiger partial charge in [-0.1, -0.05) is 0 Å². The minimum Gasteiger partial charge on any atom is -0.205 e. The van der Waals surface area contributed by atoms with Gasteiger partial charge in [-0.2, -0.15) is 47.4 Å². The average Bonchev–Trinajstić information content (AvgIpc) is 3.84. The molecule has 0 radical (unpaired) electrons. The highest BCUT2D eigenvalue weighted by Crippen LogP contribution is 2.57. The zero-order valence-corrected chi connectivity index (χ0v) is 23.9. The summed E-state index contributed by atoms with van der Waals surface area (Å²) in [5, 5.41) is 85.4. The van der Waals surface area contributed by atoms with Gasteiger partial charge in [0.1, 0.15) is 88.0 Å². The maximum Gasteiger partial charge on any atom is 0.178 e. The summed E-state index contributed by atoms with van der Waals surface area (Å²) in [5.74, 6) is -20.4. The molecule has 4 rings (SSSR count). The Morgan fingerprint density at radius 2 is 0.451 bits per heavy atom. The van der Waals surface area contributed by atoms with Crippen LogP contribution in [0.4, 0.5) is 39.5 Å². The van der Waals surface area contributed by atoms with Crippen LogP contribution in [0.3, 0.4) is 0 Å². The third kappa shape index (κ3) is 4.90. The van der Waals surface area contributed by atoms with Gasteiger partial charge in [-0.3, -0.25) is 0 Å². The number of nitriles is 9. The molecule has 0 atom stereocenters. The zero-order chi connectivity index (χ0) is 38.2. The average molecular weight is 693 g/mol. The second-order valence-corrected chi connectivity index (χ2v) is 9.46. The lowest BCUT2D eigenvalue weighted by Crippen LogP contribution is -2.06. The molecule has 0 unspecified atom stereocenters. The molecule has 0 amide bonds. The highest BCUT2D eigenvalue weighted by molar-refractivity contribution is 6.12. The summed E-state index contributed by atoms with van der Waals surface area (Å²) < 4.78 is 137. The summed E-state index contributed by atoms with van der Waals surface area (Å²) in [7, 11) is 0. The molecule has 240 valence electrons. The Morgan fingerprint density at radius 1 is 0.275 bits per heavy atom. The second kappa shape index (κ2) is 13.0. The molecular weight excluding hydrogens is 693 g/mol. The van der Waals surface area contributed by atoms with Gasteiger partial charge in [-0.25, -0.2) is 39.5 Å². The quantitative estimate of drug-likeness (QED) is 0.168. The van der Waals surface area contributed by atoms with Gasteiger partial charge in [-0.15, -0.1) is 0 Å². The monoisotopic (exact) mass is 693 g/mol. The van der Waals surface area contributed by atoms with Crippen LogP contribution >= 0.6 is 0 Å². The van der Waals surface area contributed by atoms with E-state index in [1.807, 2.05) is 0 Å². The van der Waals surface area contributed by atoms with Crippen molar-refractivity contribution >= 4 is 16.7 Å². The van der Waals surface area contributed by atoms with E-state index in [0.29, 0.717) is 0 Å². The van der Waals surface area contributed by atoms with E-state index in [-0.39, 0.29) is 0 Å². The Labute approximate surface area is 277 Å². The van der Waals surface area contributed by atoms with Gasteiger partial charge in [-0.05, 0) is 0 Å². The molecule has 0 spiro atoms. The van der Waals surface area contributed by atoms with E-state index in [1.54, 1.807) is 0 Å². The van der Waals surface area contributed by atoms with Crippen molar-refractivity contribution in [2.45, 2.75) is 0 Å². The van der Waals surface area contributed by atoms with E-state index in [4.69, 9.17) is 15.8 Å². The molecule has 1 saturated carbocycles. The van der Waals surface area contributed by atoms with Crippen LogP contribution in [0, 0.1) is 154 Å². The van der Waals surface area contributed by atoms with E-state index in [9.17, 15) is 44.7 Å². The third-order valence-electron chi connectivity index (χ3n) is 7.16. The molecular formula is C33F9N9. The predicted molar refractivity (Wildman–Crippen MR) is 145 cm³/mol. The fourth-order valence-corrected chi connectivity index (χ4v) is 4.92. The molecule has 1 aliphatic rings. The van der Waals surface area contributed by atoms with Gasteiger partial charge >= 0.3 is 0 Å².